The Morgan fingerprint density at radius 1 is 1.32 bits per heavy atom. The Bertz CT molecular complexity index is 606. The number of carbonyl (C=O) groups excluding carboxylic acids is 1. The average molecular weight is 290 g/mol. The molecule has 4 nitrogen and oxygen atoms in total. The minimum atomic E-state index is -5.37. The molecule has 2 unspecified atom stereocenters. The van der Waals surface area contributed by atoms with Gasteiger partial charge in [-0.3, -0.25) is 4.90 Å². The summed E-state index contributed by atoms with van der Waals surface area (Å²) in [5, 5.41) is 0. The highest BCUT2D eigenvalue weighted by Crippen LogP contribution is 2.23. The number of rotatable bonds is 1. The minimum Gasteiger partial charge on any atom is -0.437 e. The highest BCUT2D eigenvalue weighted by molar-refractivity contribution is 5.68. The van der Waals surface area contributed by atoms with E-state index < -0.39 is 54.8 Å². The summed E-state index contributed by atoms with van der Waals surface area (Å²) < 4.78 is 105. The van der Waals surface area contributed by atoms with Crippen molar-refractivity contribution in [2.75, 3.05) is 26.0 Å². The Morgan fingerprint density at radius 3 is 2.37 bits per heavy atom. The van der Waals surface area contributed by atoms with Gasteiger partial charge in [-0.05, 0) is 27.7 Å². The summed E-state index contributed by atoms with van der Waals surface area (Å²) in [4.78, 5) is 12.3. The molecule has 0 aliphatic carbocycles. The molecular weight excluding hydrogens is 261 g/mol. The molecule has 1 aliphatic rings. The molecule has 0 bridgehead atoms. The highest BCUT2D eigenvalue weighted by Gasteiger charge is 2.40. The second kappa shape index (κ2) is 5.56. The van der Waals surface area contributed by atoms with Crippen LogP contribution in [0.1, 0.15) is 38.7 Å². The number of halogens is 3. The largest absolute Gasteiger partial charge is 0.437 e. The van der Waals surface area contributed by atoms with Gasteiger partial charge in [0.05, 0.1) is 6.85 Å². The quantitative estimate of drug-likeness (QED) is 0.744. The number of carbonyl (C=O) groups is 1. The normalized spacial score (nSPS) is 39.9. The van der Waals surface area contributed by atoms with Gasteiger partial charge in [-0.2, -0.15) is 13.2 Å². The summed E-state index contributed by atoms with van der Waals surface area (Å²) in [5.41, 5.74) is -1.28. The molecule has 0 aromatic rings. The number of piperazine rings is 1. The first-order valence-electron chi connectivity index (χ1n) is 9.42. The van der Waals surface area contributed by atoms with Gasteiger partial charge in [0.15, 0.2) is 6.08 Å². The summed E-state index contributed by atoms with van der Waals surface area (Å²) in [6, 6.07) is 0. The van der Waals surface area contributed by atoms with E-state index in [0.29, 0.717) is 4.90 Å². The van der Waals surface area contributed by atoms with Crippen molar-refractivity contribution in [2.24, 2.45) is 0 Å². The zero-order valence-corrected chi connectivity index (χ0v) is 10.9. The fourth-order valence-electron chi connectivity index (χ4n) is 0.978. The van der Waals surface area contributed by atoms with E-state index in [9.17, 15) is 18.0 Å². The maximum atomic E-state index is 12.8. The molecule has 2 atom stereocenters. The van der Waals surface area contributed by atoms with Crippen molar-refractivity contribution in [3.63, 3.8) is 0 Å². The van der Waals surface area contributed by atoms with Crippen LogP contribution in [0.15, 0.2) is 0 Å². The van der Waals surface area contributed by atoms with Crippen molar-refractivity contribution >= 4 is 6.09 Å². The molecule has 1 fully saturated rings. The lowest BCUT2D eigenvalue weighted by Crippen LogP contribution is -2.55. The zero-order chi connectivity index (χ0) is 22.0. The van der Waals surface area contributed by atoms with Crippen LogP contribution in [0, 0.1) is 0 Å². The number of hydrogen-bond donors (Lipinski definition) is 0. The van der Waals surface area contributed by atoms with Crippen LogP contribution in [0.2, 0.25) is 0 Å². The third kappa shape index (κ3) is 4.56. The SMILES string of the molecule is [2H]C1N(C(C)(C)C)C([2H])([2H])C([2H])([2H])N(C(=O)OC([2H])(C)C(F)(F)F)C1([2H])[2H]. The molecule has 1 saturated heterocycles. The molecule has 112 valence electrons. The van der Waals surface area contributed by atoms with Crippen LogP contribution >= 0.6 is 0 Å². The Labute approximate surface area is 122 Å². The van der Waals surface area contributed by atoms with Gasteiger partial charge in [0, 0.05) is 35.7 Å². The van der Waals surface area contributed by atoms with E-state index in [0.717, 1.165) is 0 Å². The molecule has 0 N–H and O–H groups in total. The van der Waals surface area contributed by atoms with E-state index >= 15 is 0 Å². The highest BCUT2D eigenvalue weighted by atomic mass is 19.4. The second-order valence-electron chi connectivity index (χ2n) is 4.78. The number of nitrogens with zero attached hydrogens (tertiary/aromatic N) is 2. The third-order valence-electron chi connectivity index (χ3n) is 2.14. The van der Waals surface area contributed by atoms with Crippen molar-refractivity contribution in [3.05, 3.63) is 0 Å². The lowest BCUT2D eigenvalue weighted by molar-refractivity contribution is -0.200. The van der Waals surface area contributed by atoms with Crippen molar-refractivity contribution < 1.29 is 33.7 Å². The van der Waals surface area contributed by atoms with Gasteiger partial charge in [0.25, 0.3) is 0 Å². The van der Waals surface area contributed by atoms with Crippen LogP contribution in [0.5, 0.6) is 0 Å². The van der Waals surface area contributed by atoms with Gasteiger partial charge in [-0.1, -0.05) is 0 Å². The molecule has 19 heavy (non-hydrogen) atoms. The third-order valence-corrected chi connectivity index (χ3v) is 2.14. The molecule has 1 heterocycles. The summed E-state index contributed by atoms with van der Waals surface area (Å²) in [6.45, 7) is -7.86. The monoisotopic (exact) mass is 290 g/mol. The minimum absolute atomic E-state index is 0.161. The number of ether oxygens (including phenoxy) is 1. The molecule has 0 aromatic heterocycles. The first-order chi connectivity index (χ1) is 11.5. The van der Waals surface area contributed by atoms with Crippen LogP contribution < -0.4 is 0 Å². The summed E-state index contributed by atoms with van der Waals surface area (Å²) in [7, 11) is 0. The summed E-state index contributed by atoms with van der Waals surface area (Å²) >= 11 is 0. The van der Waals surface area contributed by atoms with E-state index in [1.807, 2.05) is 0 Å². The molecule has 0 aromatic carbocycles. The smallest absolute Gasteiger partial charge is 0.425 e. The molecule has 7 heteroatoms. The van der Waals surface area contributed by atoms with Gasteiger partial charge in [0.1, 0.15) is 0 Å². The molecule has 0 saturated carbocycles. The van der Waals surface area contributed by atoms with Crippen LogP contribution in [0.25, 0.3) is 0 Å². The fourth-order valence-corrected chi connectivity index (χ4v) is 0.978. The van der Waals surface area contributed by atoms with E-state index in [1.165, 1.54) is 20.8 Å². The Morgan fingerprint density at radius 2 is 1.89 bits per heavy atom. The molecule has 0 radical (unpaired) electrons. The first-order valence-corrected chi connectivity index (χ1v) is 5.34. The topological polar surface area (TPSA) is 32.8 Å². The number of amides is 1. The Balaban J connectivity index is 3.50. The van der Waals surface area contributed by atoms with Crippen molar-refractivity contribution in [3.8, 4) is 0 Å². The first kappa shape index (κ1) is 7.71. The average Bonchev–Trinajstić information content (AvgIpc) is 2.31. The number of hydrogen-bond acceptors (Lipinski definition) is 3. The van der Waals surface area contributed by atoms with Crippen molar-refractivity contribution in [1.82, 2.24) is 9.80 Å². The summed E-state index contributed by atoms with van der Waals surface area (Å²) in [6.07, 6.45) is -11.4. The fraction of sp³-hybridized carbons (Fsp3) is 0.917. The molecule has 1 aliphatic heterocycles. The van der Waals surface area contributed by atoms with Crippen molar-refractivity contribution in [2.45, 2.75) is 45.5 Å². The standard InChI is InChI=1S/C12H21F3N2O2/c1-9(12(13,14)15)19-10(18)16-5-7-17(8-6-16)11(2,3)4/h9H,5-8H2,1-4H3/i5D2,6D2,7D,8D2,9D. The van der Waals surface area contributed by atoms with Crippen LogP contribution in [0.4, 0.5) is 18.0 Å². The Hall–Kier alpha value is -0.980. The van der Waals surface area contributed by atoms with E-state index in [4.69, 9.17) is 11.0 Å². The predicted molar refractivity (Wildman–Crippen MR) is 64.9 cm³/mol. The number of alkyl halides is 3. The van der Waals surface area contributed by atoms with Crippen molar-refractivity contribution in [1.29, 1.82) is 0 Å². The van der Waals surface area contributed by atoms with Gasteiger partial charge >= 0.3 is 12.3 Å². The maximum Gasteiger partial charge on any atom is 0.425 e. The van der Waals surface area contributed by atoms with Crippen LogP contribution in [-0.4, -0.2) is 59.7 Å². The van der Waals surface area contributed by atoms with Crippen LogP contribution in [0.3, 0.4) is 0 Å². The van der Waals surface area contributed by atoms with Gasteiger partial charge < -0.3 is 9.64 Å². The Kier molecular flexibility index (Phi) is 2.26. The van der Waals surface area contributed by atoms with E-state index in [-0.39, 0.29) is 6.92 Å². The zero-order valence-electron chi connectivity index (χ0n) is 18.9. The lowest BCUT2D eigenvalue weighted by Gasteiger charge is -2.42. The molecule has 1 amide bonds. The van der Waals surface area contributed by atoms with Gasteiger partial charge in [-0.15, -0.1) is 0 Å². The maximum absolute atomic E-state index is 12.8. The predicted octanol–water partition coefficient (Wildman–Crippen LogP) is 2.49. The summed E-state index contributed by atoms with van der Waals surface area (Å²) in [5.74, 6) is 0. The second-order valence-corrected chi connectivity index (χ2v) is 4.78. The van der Waals surface area contributed by atoms with Gasteiger partial charge in [0.2, 0.25) is 0 Å². The lowest BCUT2D eigenvalue weighted by atomic mass is 10.1. The molecule has 0 spiro atoms. The van der Waals surface area contributed by atoms with E-state index in [1.54, 1.807) is 0 Å². The van der Waals surface area contributed by atoms with E-state index in [2.05, 4.69) is 4.74 Å². The van der Waals surface area contributed by atoms with Gasteiger partial charge in [-0.25, -0.2) is 4.79 Å². The van der Waals surface area contributed by atoms with Crippen LogP contribution in [-0.2, 0) is 4.74 Å². The molecule has 1 rings (SSSR count). The molecular formula is C12H21F3N2O2.